The van der Waals surface area contributed by atoms with Crippen LogP contribution < -0.4 is 4.74 Å². The van der Waals surface area contributed by atoms with Gasteiger partial charge in [0.1, 0.15) is 5.75 Å². The molecular weight excluding hydrogens is 208 g/mol. The summed E-state index contributed by atoms with van der Waals surface area (Å²) < 4.78 is 5.31. The molecule has 3 heteroatoms. The minimum atomic E-state index is -0.449. The number of aliphatic hydroxyl groups excluding tert-OH is 1. The lowest BCUT2D eigenvalue weighted by Gasteiger charge is -2.17. The van der Waals surface area contributed by atoms with E-state index in [2.05, 4.69) is 6.07 Å². The second-order valence-corrected chi connectivity index (χ2v) is 4.58. The highest BCUT2D eigenvalue weighted by Gasteiger charge is 2.15. The highest BCUT2D eigenvalue weighted by Crippen LogP contribution is 2.31. The molecule has 1 unspecified atom stereocenters. The second-order valence-electron chi connectivity index (χ2n) is 3.67. The number of rotatable bonds is 4. The molecule has 15 heavy (non-hydrogen) atoms. The summed E-state index contributed by atoms with van der Waals surface area (Å²) in [5.74, 6) is 1.48. The van der Waals surface area contributed by atoms with Crippen LogP contribution in [-0.2, 0) is 0 Å². The van der Waals surface area contributed by atoms with Gasteiger partial charge in [0.25, 0.3) is 0 Å². The van der Waals surface area contributed by atoms with Gasteiger partial charge in [-0.05, 0) is 37.3 Å². The van der Waals surface area contributed by atoms with Crippen molar-refractivity contribution in [2.75, 3.05) is 19.1 Å². The molecule has 0 aliphatic rings. The van der Waals surface area contributed by atoms with Gasteiger partial charge in [0.15, 0.2) is 0 Å². The van der Waals surface area contributed by atoms with Crippen molar-refractivity contribution >= 4 is 11.8 Å². The Morgan fingerprint density at radius 2 is 2.07 bits per heavy atom. The number of hydrogen-bond acceptors (Lipinski definition) is 3. The van der Waals surface area contributed by atoms with Crippen molar-refractivity contribution in [1.82, 2.24) is 0 Å². The molecule has 0 fully saturated rings. The lowest BCUT2D eigenvalue weighted by Crippen LogP contribution is -2.06. The third-order valence-corrected chi connectivity index (χ3v) is 3.02. The van der Waals surface area contributed by atoms with Gasteiger partial charge < -0.3 is 9.84 Å². The van der Waals surface area contributed by atoms with E-state index in [0.717, 1.165) is 22.4 Å². The summed E-state index contributed by atoms with van der Waals surface area (Å²) in [6.45, 7) is 4.04. The Balaban J connectivity index is 3.14. The van der Waals surface area contributed by atoms with E-state index >= 15 is 0 Å². The maximum atomic E-state index is 10.0. The molecule has 1 aromatic carbocycles. The zero-order chi connectivity index (χ0) is 11.4. The average molecular weight is 226 g/mol. The van der Waals surface area contributed by atoms with Crippen molar-refractivity contribution < 1.29 is 9.84 Å². The first kappa shape index (κ1) is 12.4. The van der Waals surface area contributed by atoms with Crippen molar-refractivity contribution in [3.05, 3.63) is 28.8 Å². The Labute approximate surface area is 95.7 Å². The van der Waals surface area contributed by atoms with Gasteiger partial charge in [0.2, 0.25) is 0 Å². The van der Waals surface area contributed by atoms with Crippen molar-refractivity contribution in [2.45, 2.75) is 20.0 Å². The first-order valence-corrected chi connectivity index (χ1v) is 6.31. The van der Waals surface area contributed by atoms with Crippen molar-refractivity contribution in [1.29, 1.82) is 0 Å². The molecule has 0 radical (unpaired) electrons. The maximum Gasteiger partial charge on any atom is 0.125 e. The first-order valence-electron chi connectivity index (χ1n) is 4.92. The van der Waals surface area contributed by atoms with E-state index < -0.39 is 6.10 Å². The number of aliphatic hydroxyl groups is 1. The van der Waals surface area contributed by atoms with Crippen LogP contribution in [0.3, 0.4) is 0 Å². The Morgan fingerprint density at radius 1 is 1.40 bits per heavy atom. The molecule has 0 aromatic heterocycles. The molecule has 0 spiro atoms. The van der Waals surface area contributed by atoms with Gasteiger partial charge in [-0.2, -0.15) is 11.8 Å². The normalized spacial score (nSPS) is 12.6. The van der Waals surface area contributed by atoms with Crippen LogP contribution >= 0.6 is 11.8 Å². The summed E-state index contributed by atoms with van der Waals surface area (Å²) in [4.78, 5) is 0. The van der Waals surface area contributed by atoms with E-state index in [1.807, 2.05) is 26.2 Å². The third kappa shape index (κ3) is 2.89. The van der Waals surface area contributed by atoms with Gasteiger partial charge >= 0.3 is 0 Å². The largest absolute Gasteiger partial charge is 0.496 e. The van der Waals surface area contributed by atoms with Crippen LogP contribution in [0.2, 0.25) is 0 Å². The number of hydrogen-bond donors (Lipinski definition) is 1. The van der Waals surface area contributed by atoms with E-state index in [4.69, 9.17) is 4.74 Å². The summed E-state index contributed by atoms with van der Waals surface area (Å²) in [6, 6.07) is 4.04. The molecule has 2 nitrogen and oxygen atoms in total. The Morgan fingerprint density at radius 3 is 2.60 bits per heavy atom. The standard InChI is InChI=1S/C12H18O2S/c1-8-5-9(2)12(10(13)7-15-4)11(6-8)14-3/h5-6,10,13H,7H2,1-4H3. The fourth-order valence-electron chi connectivity index (χ4n) is 1.78. The lowest BCUT2D eigenvalue weighted by molar-refractivity contribution is 0.198. The maximum absolute atomic E-state index is 10.0. The SMILES string of the molecule is COc1cc(C)cc(C)c1C(O)CSC. The number of aryl methyl sites for hydroxylation is 2. The molecule has 0 heterocycles. The quantitative estimate of drug-likeness (QED) is 0.856. The van der Waals surface area contributed by atoms with Gasteiger partial charge in [-0.1, -0.05) is 6.07 Å². The van der Waals surface area contributed by atoms with E-state index in [1.54, 1.807) is 18.9 Å². The van der Waals surface area contributed by atoms with Crippen LogP contribution in [0.15, 0.2) is 12.1 Å². The topological polar surface area (TPSA) is 29.5 Å². The zero-order valence-corrected chi connectivity index (χ0v) is 10.5. The van der Waals surface area contributed by atoms with E-state index in [1.165, 1.54) is 0 Å². The molecule has 1 rings (SSSR count). The molecule has 0 saturated heterocycles. The summed E-state index contributed by atoms with van der Waals surface area (Å²) >= 11 is 1.63. The molecule has 0 bridgehead atoms. The summed E-state index contributed by atoms with van der Waals surface area (Å²) in [5, 5.41) is 10.0. The third-order valence-electron chi connectivity index (χ3n) is 2.37. The van der Waals surface area contributed by atoms with Gasteiger partial charge in [-0.3, -0.25) is 0 Å². The van der Waals surface area contributed by atoms with Gasteiger partial charge in [0, 0.05) is 11.3 Å². The molecule has 1 N–H and O–H groups in total. The zero-order valence-electron chi connectivity index (χ0n) is 9.70. The van der Waals surface area contributed by atoms with Crippen LogP contribution in [0.25, 0.3) is 0 Å². The number of ether oxygens (including phenoxy) is 1. The van der Waals surface area contributed by atoms with Crippen LogP contribution in [0.1, 0.15) is 22.8 Å². The van der Waals surface area contributed by atoms with Gasteiger partial charge in [-0.25, -0.2) is 0 Å². The van der Waals surface area contributed by atoms with E-state index in [-0.39, 0.29) is 0 Å². The molecule has 84 valence electrons. The van der Waals surface area contributed by atoms with Crippen LogP contribution in [0, 0.1) is 13.8 Å². The van der Waals surface area contributed by atoms with E-state index in [9.17, 15) is 5.11 Å². The van der Waals surface area contributed by atoms with Crippen molar-refractivity contribution in [2.24, 2.45) is 0 Å². The van der Waals surface area contributed by atoms with E-state index in [0.29, 0.717) is 5.75 Å². The number of benzene rings is 1. The smallest absolute Gasteiger partial charge is 0.125 e. The lowest BCUT2D eigenvalue weighted by atomic mass is 10.0. The minimum absolute atomic E-state index is 0.449. The van der Waals surface area contributed by atoms with Crippen molar-refractivity contribution in [3.63, 3.8) is 0 Å². The molecule has 1 atom stereocenters. The Bertz CT molecular complexity index is 337. The highest BCUT2D eigenvalue weighted by molar-refractivity contribution is 7.98. The van der Waals surface area contributed by atoms with Crippen molar-refractivity contribution in [3.8, 4) is 5.75 Å². The Hall–Kier alpha value is -0.670. The summed E-state index contributed by atoms with van der Waals surface area (Å²) in [6.07, 6.45) is 1.54. The monoisotopic (exact) mass is 226 g/mol. The average Bonchev–Trinajstić information content (AvgIpc) is 2.16. The van der Waals surface area contributed by atoms with Crippen LogP contribution in [0.5, 0.6) is 5.75 Å². The molecule has 0 aliphatic heterocycles. The number of methoxy groups -OCH3 is 1. The predicted molar refractivity (Wildman–Crippen MR) is 65.8 cm³/mol. The fourth-order valence-corrected chi connectivity index (χ4v) is 2.26. The molecule has 1 aromatic rings. The summed E-state index contributed by atoms with van der Waals surface area (Å²) in [7, 11) is 1.64. The molecule has 0 aliphatic carbocycles. The first-order chi connectivity index (χ1) is 7.10. The van der Waals surface area contributed by atoms with Crippen LogP contribution in [0.4, 0.5) is 0 Å². The summed E-state index contributed by atoms with van der Waals surface area (Å²) in [5.41, 5.74) is 3.16. The fraction of sp³-hybridized carbons (Fsp3) is 0.500. The predicted octanol–water partition coefficient (Wildman–Crippen LogP) is 2.71. The molecule has 0 amide bonds. The Kier molecular flexibility index (Phi) is 4.48. The highest BCUT2D eigenvalue weighted by atomic mass is 32.2. The van der Waals surface area contributed by atoms with Crippen LogP contribution in [-0.4, -0.2) is 24.2 Å². The number of thioether (sulfide) groups is 1. The molecular formula is C12H18O2S. The second kappa shape index (κ2) is 5.42. The minimum Gasteiger partial charge on any atom is -0.496 e. The van der Waals surface area contributed by atoms with Gasteiger partial charge in [0.05, 0.1) is 13.2 Å². The molecule has 0 saturated carbocycles. The van der Waals surface area contributed by atoms with Gasteiger partial charge in [-0.15, -0.1) is 0 Å².